The fraction of sp³-hybridized carbons (Fsp3) is 0.417. The molecule has 182 valence electrons. The summed E-state index contributed by atoms with van der Waals surface area (Å²) in [6.07, 6.45) is 3.24. The number of pyridine rings is 1. The van der Waals surface area contributed by atoms with Gasteiger partial charge in [0.15, 0.2) is 0 Å². The van der Waals surface area contributed by atoms with E-state index in [1.54, 1.807) is 24.4 Å². The summed E-state index contributed by atoms with van der Waals surface area (Å²) in [6.45, 7) is 6.89. The topological polar surface area (TPSA) is 135 Å². The summed E-state index contributed by atoms with van der Waals surface area (Å²) in [6, 6.07) is 6.94. The molecule has 1 amide bonds. The molecule has 1 saturated heterocycles. The summed E-state index contributed by atoms with van der Waals surface area (Å²) in [4.78, 5) is 30.8. The number of cyclic esters (lactones) is 1. The van der Waals surface area contributed by atoms with Gasteiger partial charge in [-0.1, -0.05) is 13.0 Å². The molecule has 5 rings (SSSR count). The van der Waals surface area contributed by atoms with Crippen molar-refractivity contribution in [2.24, 2.45) is 5.41 Å². The van der Waals surface area contributed by atoms with Gasteiger partial charge in [0.2, 0.25) is 0 Å². The minimum absolute atomic E-state index is 0.116. The Balaban J connectivity index is 1.15. The number of likely N-dealkylation sites (tertiary alicyclic amines) is 1. The number of nitrogens with zero attached hydrogens (tertiary/aromatic N) is 6. The summed E-state index contributed by atoms with van der Waals surface area (Å²) in [7, 11) is 0. The predicted octanol–water partition coefficient (Wildman–Crippen LogP) is 1.21. The van der Waals surface area contributed by atoms with Gasteiger partial charge in [-0.25, -0.2) is 9.78 Å². The zero-order valence-electron chi connectivity index (χ0n) is 19.6. The van der Waals surface area contributed by atoms with Gasteiger partial charge in [0.25, 0.3) is 5.91 Å². The normalized spacial score (nSPS) is 20.5. The highest BCUT2D eigenvalue weighted by molar-refractivity contribution is 5.94. The molecule has 1 unspecified atom stereocenters. The van der Waals surface area contributed by atoms with Gasteiger partial charge in [0.1, 0.15) is 18.6 Å². The van der Waals surface area contributed by atoms with Crippen molar-refractivity contribution in [3.8, 4) is 5.69 Å². The van der Waals surface area contributed by atoms with Gasteiger partial charge in [-0.15, -0.1) is 5.10 Å². The average molecular weight is 478 g/mol. The van der Waals surface area contributed by atoms with Crippen molar-refractivity contribution in [2.45, 2.75) is 33.0 Å². The quantitative estimate of drug-likeness (QED) is 0.481. The van der Waals surface area contributed by atoms with Crippen LogP contribution in [0, 0.1) is 12.3 Å². The number of ether oxygens (including phenoxy) is 1. The first kappa shape index (κ1) is 23.1. The van der Waals surface area contributed by atoms with Gasteiger partial charge in [0.05, 0.1) is 23.6 Å². The molecule has 11 heteroatoms. The van der Waals surface area contributed by atoms with Gasteiger partial charge in [-0.3, -0.25) is 9.69 Å². The molecule has 0 bridgehead atoms. The molecule has 2 aromatic heterocycles. The Labute approximate surface area is 202 Å². The minimum atomic E-state index is -0.671. The van der Waals surface area contributed by atoms with Crippen LogP contribution >= 0.6 is 0 Å². The van der Waals surface area contributed by atoms with Gasteiger partial charge >= 0.3 is 5.97 Å². The molecule has 1 aromatic carbocycles. The van der Waals surface area contributed by atoms with Crippen molar-refractivity contribution in [1.29, 1.82) is 0 Å². The smallest absolute Gasteiger partial charge is 0.338 e. The van der Waals surface area contributed by atoms with Crippen LogP contribution in [0.15, 0.2) is 36.8 Å². The number of aromatic nitrogens is 5. The van der Waals surface area contributed by atoms with Gasteiger partial charge in [-0.05, 0) is 65.1 Å². The summed E-state index contributed by atoms with van der Waals surface area (Å²) in [5, 5.41) is 24.9. The summed E-state index contributed by atoms with van der Waals surface area (Å²) in [5.74, 6) is -0.543. The SMILES string of the molecule is Cc1c([C@H](O)CN2CCC(C)(CNC(=O)c3ccc(-n4cnnn4)cn3)C2)ccc2c1COC2=O. The first-order chi connectivity index (χ1) is 16.8. The highest BCUT2D eigenvalue weighted by Crippen LogP contribution is 2.33. The van der Waals surface area contributed by atoms with E-state index < -0.39 is 6.10 Å². The Kier molecular flexibility index (Phi) is 6.03. The third-order valence-electron chi connectivity index (χ3n) is 6.90. The molecule has 3 aromatic rings. The number of fused-ring (bicyclic) bond motifs is 1. The van der Waals surface area contributed by atoms with Crippen molar-refractivity contribution in [1.82, 2.24) is 35.4 Å². The minimum Gasteiger partial charge on any atom is -0.457 e. The van der Waals surface area contributed by atoms with Crippen molar-refractivity contribution in [3.05, 3.63) is 64.7 Å². The van der Waals surface area contributed by atoms with E-state index in [2.05, 4.69) is 37.6 Å². The maximum absolute atomic E-state index is 12.6. The number of amides is 1. The summed E-state index contributed by atoms with van der Waals surface area (Å²) >= 11 is 0. The molecule has 1 fully saturated rings. The third-order valence-corrected chi connectivity index (χ3v) is 6.90. The molecule has 2 atom stereocenters. The molecule has 0 aliphatic carbocycles. The van der Waals surface area contributed by atoms with E-state index in [4.69, 9.17) is 4.74 Å². The van der Waals surface area contributed by atoms with Crippen LogP contribution in [0.1, 0.15) is 57.0 Å². The molecule has 0 saturated carbocycles. The lowest BCUT2D eigenvalue weighted by atomic mass is 9.89. The standard InChI is InChI=1S/C24H27N7O4/c1-15-17(4-5-18-19(15)11-35-23(18)34)21(32)10-30-8-7-24(2,13-30)12-26-22(33)20-6-3-16(9-25-20)31-14-27-28-29-31/h3-6,9,14,21,32H,7-8,10-13H2,1-2H3,(H,26,33)/t21-,24?/m1/s1. The molecule has 2 aliphatic heterocycles. The number of hydrogen-bond donors (Lipinski definition) is 2. The monoisotopic (exact) mass is 477 g/mol. The van der Waals surface area contributed by atoms with Crippen LogP contribution in [-0.2, 0) is 11.3 Å². The maximum Gasteiger partial charge on any atom is 0.338 e. The molecule has 35 heavy (non-hydrogen) atoms. The second-order valence-corrected chi connectivity index (χ2v) is 9.53. The van der Waals surface area contributed by atoms with E-state index >= 15 is 0 Å². The molecule has 0 radical (unpaired) electrons. The highest BCUT2D eigenvalue weighted by Gasteiger charge is 2.35. The van der Waals surface area contributed by atoms with Crippen LogP contribution in [0.3, 0.4) is 0 Å². The fourth-order valence-electron chi connectivity index (χ4n) is 4.82. The number of nitrogens with one attached hydrogen (secondary N) is 1. The van der Waals surface area contributed by atoms with Crippen LogP contribution in [0.2, 0.25) is 0 Å². The first-order valence-corrected chi connectivity index (χ1v) is 11.5. The Morgan fingerprint density at radius 2 is 2.17 bits per heavy atom. The number of hydrogen-bond acceptors (Lipinski definition) is 9. The Morgan fingerprint density at radius 1 is 1.31 bits per heavy atom. The number of carbonyl (C=O) groups is 2. The zero-order valence-corrected chi connectivity index (χ0v) is 19.6. The molecule has 2 N–H and O–H groups in total. The van der Waals surface area contributed by atoms with Crippen LogP contribution in [0.25, 0.3) is 5.69 Å². The fourth-order valence-corrected chi connectivity index (χ4v) is 4.82. The molecule has 0 spiro atoms. The highest BCUT2D eigenvalue weighted by atomic mass is 16.5. The number of β-amino-alcohol motifs (C(OH)–C–C–N with tert-alkyl or cyclic N) is 1. The van der Waals surface area contributed by atoms with Crippen LogP contribution < -0.4 is 5.32 Å². The van der Waals surface area contributed by atoms with Crippen LogP contribution in [0.5, 0.6) is 0 Å². The Morgan fingerprint density at radius 3 is 2.91 bits per heavy atom. The van der Waals surface area contributed by atoms with Gasteiger partial charge in [-0.2, -0.15) is 4.68 Å². The molecular weight excluding hydrogens is 450 g/mol. The van der Waals surface area contributed by atoms with E-state index in [1.165, 1.54) is 11.0 Å². The molecular formula is C24H27N7O4. The van der Waals surface area contributed by atoms with E-state index in [1.807, 2.05) is 13.0 Å². The van der Waals surface area contributed by atoms with Crippen LogP contribution in [-0.4, -0.2) is 73.3 Å². The van der Waals surface area contributed by atoms with E-state index in [0.717, 1.165) is 36.2 Å². The Hall–Kier alpha value is -3.70. The summed E-state index contributed by atoms with van der Waals surface area (Å²) < 4.78 is 6.59. The average Bonchev–Trinajstić information content (AvgIpc) is 3.60. The van der Waals surface area contributed by atoms with Crippen molar-refractivity contribution < 1.29 is 19.4 Å². The zero-order chi connectivity index (χ0) is 24.6. The lowest BCUT2D eigenvalue weighted by Gasteiger charge is -2.26. The number of tetrazole rings is 1. The van der Waals surface area contributed by atoms with E-state index in [0.29, 0.717) is 30.0 Å². The number of rotatable bonds is 7. The van der Waals surface area contributed by atoms with Crippen molar-refractivity contribution in [2.75, 3.05) is 26.2 Å². The van der Waals surface area contributed by atoms with E-state index in [-0.39, 0.29) is 23.9 Å². The molecule has 11 nitrogen and oxygen atoms in total. The van der Waals surface area contributed by atoms with Crippen molar-refractivity contribution in [3.63, 3.8) is 0 Å². The summed E-state index contributed by atoms with van der Waals surface area (Å²) in [5.41, 5.74) is 4.05. The second-order valence-electron chi connectivity index (χ2n) is 9.53. The van der Waals surface area contributed by atoms with Gasteiger partial charge in [0, 0.05) is 25.2 Å². The second kappa shape index (κ2) is 9.16. The predicted molar refractivity (Wildman–Crippen MR) is 124 cm³/mol. The molecule has 2 aliphatic rings. The first-order valence-electron chi connectivity index (χ1n) is 11.5. The number of esters is 1. The number of benzene rings is 1. The number of aliphatic hydroxyl groups is 1. The lowest BCUT2D eigenvalue weighted by Crippen LogP contribution is -2.38. The number of aliphatic hydroxyl groups excluding tert-OH is 1. The number of carbonyl (C=O) groups excluding carboxylic acids is 2. The lowest BCUT2D eigenvalue weighted by molar-refractivity contribution is 0.0534. The molecule has 4 heterocycles. The van der Waals surface area contributed by atoms with Crippen molar-refractivity contribution >= 4 is 11.9 Å². The third kappa shape index (κ3) is 4.64. The van der Waals surface area contributed by atoms with Gasteiger partial charge < -0.3 is 15.2 Å². The largest absolute Gasteiger partial charge is 0.457 e. The maximum atomic E-state index is 12.6. The van der Waals surface area contributed by atoms with Crippen LogP contribution in [0.4, 0.5) is 0 Å². The Bertz CT molecular complexity index is 1250. The van der Waals surface area contributed by atoms with E-state index in [9.17, 15) is 14.7 Å².